The molecule has 0 aliphatic rings. The third-order valence-corrected chi connectivity index (χ3v) is 2.18. The Bertz CT molecular complexity index is 347. The molecule has 0 radical (unpaired) electrons. The van der Waals surface area contributed by atoms with E-state index in [-0.39, 0.29) is 6.54 Å². The zero-order valence-corrected chi connectivity index (χ0v) is 7.90. The number of nitrogens with two attached hydrogens (primary N) is 1. The van der Waals surface area contributed by atoms with Gasteiger partial charge in [-0.25, -0.2) is 4.79 Å². The molecule has 14 heavy (non-hydrogen) atoms. The van der Waals surface area contributed by atoms with Crippen molar-refractivity contribution >= 4 is 5.97 Å². The maximum absolute atomic E-state index is 10.8. The van der Waals surface area contributed by atoms with Crippen LogP contribution in [0.2, 0.25) is 0 Å². The lowest BCUT2D eigenvalue weighted by atomic mass is 9.91. The number of benzene rings is 1. The van der Waals surface area contributed by atoms with E-state index in [1.165, 1.54) is 6.92 Å². The zero-order chi connectivity index (χ0) is 10.8. The Kier molecular flexibility index (Phi) is 2.88. The Morgan fingerprint density at radius 3 is 2.57 bits per heavy atom. The highest BCUT2D eigenvalue weighted by Crippen LogP contribution is 2.24. The van der Waals surface area contributed by atoms with E-state index in [1.54, 1.807) is 24.3 Å². The molecule has 0 aromatic heterocycles. The lowest BCUT2D eigenvalue weighted by Crippen LogP contribution is -2.33. The van der Waals surface area contributed by atoms with E-state index in [4.69, 9.17) is 10.8 Å². The molecule has 0 saturated heterocycles. The van der Waals surface area contributed by atoms with E-state index in [9.17, 15) is 9.90 Å². The van der Waals surface area contributed by atoms with Crippen LogP contribution in [0.15, 0.2) is 24.3 Å². The topological polar surface area (TPSA) is 83.5 Å². The number of carboxylic acids is 1. The van der Waals surface area contributed by atoms with Crippen LogP contribution in [0, 0.1) is 0 Å². The van der Waals surface area contributed by atoms with Crippen LogP contribution in [0.5, 0.6) is 0 Å². The van der Waals surface area contributed by atoms with Crippen LogP contribution in [-0.2, 0) is 16.9 Å². The number of hydrogen-bond donors (Lipinski definition) is 3. The van der Waals surface area contributed by atoms with Crippen molar-refractivity contribution in [1.82, 2.24) is 0 Å². The summed E-state index contributed by atoms with van der Waals surface area (Å²) >= 11 is 0. The summed E-state index contributed by atoms with van der Waals surface area (Å²) in [5, 5.41) is 18.5. The second-order valence-corrected chi connectivity index (χ2v) is 3.24. The maximum atomic E-state index is 10.8. The average molecular weight is 195 g/mol. The van der Waals surface area contributed by atoms with Crippen LogP contribution >= 0.6 is 0 Å². The molecular formula is C10H13NO3. The summed E-state index contributed by atoms with van der Waals surface area (Å²) in [4.78, 5) is 10.8. The fourth-order valence-electron chi connectivity index (χ4n) is 1.29. The van der Waals surface area contributed by atoms with Crippen molar-refractivity contribution in [2.75, 3.05) is 0 Å². The molecule has 0 amide bonds. The molecule has 76 valence electrons. The third kappa shape index (κ3) is 1.76. The van der Waals surface area contributed by atoms with Gasteiger partial charge in [-0.2, -0.15) is 0 Å². The number of hydrogen-bond acceptors (Lipinski definition) is 3. The van der Waals surface area contributed by atoms with Crippen molar-refractivity contribution < 1.29 is 15.0 Å². The van der Waals surface area contributed by atoms with Gasteiger partial charge in [0.05, 0.1) is 0 Å². The predicted octanol–water partition coefficient (Wildman–Crippen LogP) is 0.437. The molecular weight excluding hydrogens is 182 g/mol. The molecule has 0 spiro atoms. The van der Waals surface area contributed by atoms with Crippen molar-refractivity contribution in [2.24, 2.45) is 5.73 Å². The maximum Gasteiger partial charge on any atom is 0.340 e. The second-order valence-electron chi connectivity index (χ2n) is 3.24. The van der Waals surface area contributed by atoms with Gasteiger partial charge in [-0.1, -0.05) is 24.3 Å². The Morgan fingerprint density at radius 2 is 2.07 bits per heavy atom. The van der Waals surface area contributed by atoms with Gasteiger partial charge in [-0.3, -0.25) is 0 Å². The Morgan fingerprint density at radius 1 is 1.50 bits per heavy atom. The van der Waals surface area contributed by atoms with Crippen LogP contribution < -0.4 is 5.73 Å². The van der Waals surface area contributed by atoms with Gasteiger partial charge < -0.3 is 15.9 Å². The lowest BCUT2D eigenvalue weighted by Gasteiger charge is -2.21. The summed E-state index contributed by atoms with van der Waals surface area (Å²) < 4.78 is 0. The summed E-state index contributed by atoms with van der Waals surface area (Å²) in [6, 6.07) is 6.69. The molecule has 1 aromatic rings. The number of carboxylic acid groups (broad SMARTS) is 1. The molecule has 0 fully saturated rings. The van der Waals surface area contributed by atoms with Gasteiger partial charge in [0.2, 0.25) is 0 Å². The first-order chi connectivity index (χ1) is 6.50. The SMILES string of the molecule is CC(O)(C(=O)O)c1ccccc1CN. The van der Waals surface area contributed by atoms with Crippen molar-refractivity contribution in [3.63, 3.8) is 0 Å². The van der Waals surface area contributed by atoms with Gasteiger partial charge in [0.25, 0.3) is 0 Å². The highest BCUT2D eigenvalue weighted by Gasteiger charge is 2.33. The average Bonchev–Trinajstić information content (AvgIpc) is 2.17. The zero-order valence-electron chi connectivity index (χ0n) is 7.90. The first-order valence-electron chi connectivity index (χ1n) is 4.24. The van der Waals surface area contributed by atoms with Gasteiger partial charge in [0.15, 0.2) is 5.60 Å². The molecule has 4 nitrogen and oxygen atoms in total. The summed E-state index contributed by atoms with van der Waals surface area (Å²) in [6.07, 6.45) is 0. The summed E-state index contributed by atoms with van der Waals surface area (Å²) in [7, 11) is 0. The van der Waals surface area contributed by atoms with Gasteiger partial charge in [-0.15, -0.1) is 0 Å². The van der Waals surface area contributed by atoms with E-state index in [0.29, 0.717) is 11.1 Å². The third-order valence-electron chi connectivity index (χ3n) is 2.18. The molecule has 1 unspecified atom stereocenters. The van der Waals surface area contributed by atoms with E-state index < -0.39 is 11.6 Å². The molecule has 0 saturated carbocycles. The van der Waals surface area contributed by atoms with Crippen LogP contribution in [0.4, 0.5) is 0 Å². The lowest BCUT2D eigenvalue weighted by molar-refractivity contribution is -0.157. The number of aliphatic hydroxyl groups is 1. The molecule has 4 heteroatoms. The van der Waals surface area contributed by atoms with Gasteiger partial charge in [0.1, 0.15) is 0 Å². The highest BCUT2D eigenvalue weighted by molar-refractivity contribution is 5.79. The minimum absolute atomic E-state index is 0.208. The van der Waals surface area contributed by atoms with Gasteiger partial charge in [0, 0.05) is 6.54 Å². The monoisotopic (exact) mass is 195 g/mol. The second kappa shape index (κ2) is 3.77. The van der Waals surface area contributed by atoms with Crippen molar-refractivity contribution in [1.29, 1.82) is 0 Å². The highest BCUT2D eigenvalue weighted by atomic mass is 16.4. The van der Waals surface area contributed by atoms with Crippen LogP contribution in [0.1, 0.15) is 18.1 Å². The van der Waals surface area contributed by atoms with Crippen LogP contribution in [0.3, 0.4) is 0 Å². The molecule has 0 aliphatic carbocycles. The van der Waals surface area contributed by atoms with E-state index >= 15 is 0 Å². The van der Waals surface area contributed by atoms with E-state index in [2.05, 4.69) is 0 Å². The van der Waals surface area contributed by atoms with Crippen LogP contribution in [-0.4, -0.2) is 16.2 Å². The quantitative estimate of drug-likeness (QED) is 0.653. The number of carbonyl (C=O) groups is 1. The molecule has 0 bridgehead atoms. The first-order valence-corrected chi connectivity index (χ1v) is 4.24. The Labute approximate surface area is 82.0 Å². The summed E-state index contributed by atoms with van der Waals surface area (Å²) in [5.41, 5.74) is 4.55. The van der Waals surface area contributed by atoms with Crippen LogP contribution in [0.25, 0.3) is 0 Å². The molecule has 1 atom stereocenters. The fraction of sp³-hybridized carbons (Fsp3) is 0.300. The van der Waals surface area contributed by atoms with E-state index in [1.807, 2.05) is 0 Å². The van der Waals surface area contributed by atoms with Crippen molar-refractivity contribution in [2.45, 2.75) is 19.1 Å². The largest absolute Gasteiger partial charge is 0.479 e. The molecule has 4 N–H and O–H groups in total. The molecule has 0 heterocycles. The Balaban J connectivity index is 3.24. The molecule has 1 aromatic carbocycles. The van der Waals surface area contributed by atoms with Gasteiger partial charge in [-0.05, 0) is 18.1 Å². The number of rotatable bonds is 3. The standard InChI is InChI=1S/C10H13NO3/c1-10(14,9(12)13)8-5-3-2-4-7(8)6-11/h2-5,14H,6,11H2,1H3,(H,12,13). The minimum atomic E-state index is -1.88. The summed E-state index contributed by atoms with van der Waals surface area (Å²) in [6.45, 7) is 1.45. The fourth-order valence-corrected chi connectivity index (χ4v) is 1.29. The van der Waals surface area contributed by atoms with Crippen molar-refractivity contribution in [3.8, 4) is 0 Å². The molecule has 0 aliphatic heterocycles. The predicted molar refractivity (Wildman–Crippen MR) is 51.5 cm³/mol. The first kappa shape index (κ1) is 10.7. The van der Waals surface area contributed by atoms with Crippen molar-refractivity contribution in [3.05, 3.63) is 35.4 Å². The summed E-state index contributed by atoms with van der Waals surface area (Å²) in [5.74, 6) is -1.28. The smallest absolute Gasteiger partial charge is 0.340 e. The number of aliphatic carboxylic acids is 1. The van der Waals surface area contributed by atoms with E-state index in [0.717, 1.165) is 0 Å². The minimum Gasteiger partial charge on any atom is -0.479 e. The normalized spacial score (nSPS) is 14.8. The molecule has 1 rings (SSSR count). The Hall–Kier alpha value is -1.39. The van der Waals surface area contributed by atoms with Gasteiger partial charge >= 0.3 is 5.97 Å².